The fourth-order valence-electron chi connectivity index (χ4n) is 2.13. The Morgan fingerprint density at radius 2 is 1.72 bits per heavy atom. The van der Waals surface area contributed by atoms with Crippen LogP contribution >= 0.6 is 0 Å². The molecule has 2 N–H and O–H groups in total. The molecule has 0 fully saturated rings. The molecule has 0 saturated carbocycles. The summed E-state index contributed by atoms with van der Waals surface area (Å²) in [5.41, 5.74) is 2.29. The molecule has 1 aromatic carbocycles. The topological polar surface area (TPSA) is 105 Å². The first-order chi connectivity index (χ1) is 11.8. The van der Waals surface area contributed by atoms with Crippen molar-refractivity contribution in [3.8, 4) is 0 Å². The van der Waals surface area contributed by atoms with Crippen molar-refractivity contribution in [1.29, 1.82) is 0 Å². The van der Waals surface area contributed by atoms with Gasteiger partial charge in [0.2, 0.25) is 20.0 Å². The minimum Gasteiger partial charge on any atom is -0.264 e. The van der Waals surface area contributed by atoms with Gasteiger partial charge in [-0.1, -0.05) is 30.3 Å². The highest BCUT2D eigenvalue weighted by Crippen LogP contribution is 2.10. The number of nitrogens with zero attached hydrogens (tertiary/aromatic N) is 1. The predicted molar refractivity (Wildman–Crippen MR) is 96.7 cm³/mol. The minimum atomic E-state index is -3.60. The van der Waals surface area contributed by atoms with E-state index in [1.165, 1.54) is 0 Å². The third-order valence-electron chi connectivity index (χ3n) is 3.52. The van der Waals surface area contributed by atoms with E-state index in [2.05, 4.69) is 14.4 Å². The molecule has 0 spiro atoms. The monoisotopic (exact) mass is 383 g/mol. The molecule has 2 aromatic rings. The summed E-state index contributed by atoms with van der Waals surface area (Å²) in [7, 11) is -7.19. The number of nitrogens with one attached hydrogen (secondary N) is 2. The zero-order chi connectivity index (χ0) is 18.3. The molecule has 0 atom stereocenters. The van der Waals surface area contributed by atoms with E-state index >= 15 is 0 Å². The van der Waals surface area contributed by atoms with E-state index in [0.29, 0.717) is 5.56 Å². The van der Waals surface area contributed by atoms with Crippen molar-refractivity contribution in [2.45, 2.75) is 19.2 Å². The van der Waals surface area contributed by atoms with Gasteiger partial charge in [0.1, 0.15) is 0 Å². The Morgan fingerprint density at radius 1 is 0.960 bits per heavy atom. The highest BCUT2D eigenvalue weighted by Gasteiger charge is 2.15. The Labute approximate surface area is 148 Å². The number of rotatable bonds is 9. The van der Waals surface area contributed by atoms with Crippen molar-refractivity contribution in [2.24, 2.45) is 0 Å². The van der Waals surface area contributed by atoms with E-state index < -0.39 is 20.0 Å². The maximum Gasteiger partial charge on any atom is 0.215 e. The Kier molecular flexibility index (Phi) is 6.65. The van der Waals surface area contributed by atoms with E-state index in [-0.39, 0.29) is 24.6 Å². The molecular weight excluding hydrogens is 362 g/mol. The van der Waals surface area contributed by atoms with Crippen LogP contribution in [0.25, 0.3) is 0 Å². The van der Waals surface area contributed by atoms with E-state index in [4.69, 9.17) is 0 Å². The Balaban J connectivity index is 1.83. The molecule has 0 aliphatic rings. The van der Waals surface area contributed by atoms with Crippen molar-refractivity contribution in [2.75, 3.05) is 12.3 Å². The molecule has 0 aliphatic carbocycles. The summed E-state index contributed by atoms with van der Waals surface area (Å²) in [6.07, 6.45) is 3.16. The maximum atomic E-state index is 12.1. The first kappa shape index (κ1) is 19.5. The highest BCUT2D eigenvalue weighted by atomic mass is 32.2. The van der Waals surface area contributed by atoms with Gasteiger partial charge in [-0.05, 0) is 29.7 Å². The lowest BCUT2D eigenvalue weighted by molar-refractivity contribution is 0.574. The van der Waals surface area contributed by atoms with Crippen molar-refractivity contribution in [3.63, 3.8) is 0 Å². The molecule has 0 unspecified atom stereocenters. The molecular formula is C16H21N3O4S2. The number of aryl methyl sites for hydroxylation is 1. The lowest BCUT2D eigenvalue weighted by atomic mass is 10.1. The van der Waals surface area contributed by atoms with Crippen LogP contribution in [-0.4, -0.2) is 34.1 Å². The van der Waals surface area contributed by atoms with Gasteiger partial charge in [-0.2, -0.15) is 0 Å². The summed E-state index contributed by atoms with van der Waals surface area (Å²) in [5, 5.41) is 0. The van der Waals surface area contributed by atoms with E-state index in [1.54, 1.807) is 36.7 Å². The van der Waals surface area contributed by atoms with E-state index in [9.17, 15) is 16.8 Å². The van der Waals surface area contributed by atoms with Gasteiger partial charge in [0.15, 0.2) is 0 Å². The highest BCUT2D eigenvalue weighted by molar-refractivity contribution is 7.90. The Bertz CT molecular complexity index is 898. The minimum absolute atomic E-state index is 0.117. The van der Waals surface area contributed by atoms with E-state index in [1.807, 2.05) is 19.1 Å². The number of benzene rings is 1. The molecule has 9 heteroatoms. The molecule has 0 saturated heterocycles. The largest absolute Gasteiger partial charge is 0.264 e. The average molecular weight is 383 g/mol. The summed E-state index contributed by atoms with van der Waals surface area (Å²) in [6.45, 7) is 1.76. The van der Waals surface area contributed by atoms with Gasteiger partial charge in [-0.3, -0.25) is 4.98 Å². The summed E-state index contributed by atoms with van der Waals surface area (Å²) in [4.78, 5) is 3.90. The van der Waals surface area contributed by atoms with Crippen LogP contribution in [0.2, 0.25) is 0 Å². The van der Waals surface area contributed by atoms with Crippen LogP contribution in [-0.2, 0) is 32.3 Å². The second kappa shape index (κ2) is 8.52. The van der Waals surface area contributed by atoms with Gasteiger partial charge < -0.3 is 0 Å². The molecule has 136 valence electrons. The Hall–Kier alpha value is -1.81. The van der Waals surface area contributed by atoms with Crippen molar-refractivity contribution in [3.05, 3.63) is 65.5 Å². The number of aromatic nitrogens is 1. The van der Waals surface area contributed by atoms with Crippen LogP contribution < -0.4 is 9.44 Å². The fraction of sp³-hybridized carbons (Fsp3) is 0.312. The van der Waals surface area contributed by atoms with Crippen LogP contribution in [0.1, 0.15) is 16.7 Å². The van der Waals surface area contributed by atoms with Crippen molar-refractivity contribution >= 4 is 20.0 Å². The summed E-state index contributed by atoms with van der Waals surface area (Å²) in [6, 6.07) is 10.6. The first-order valence-corrected chi connectivity index (χ1v) is 11.0. The van der Waals surface area contributed by atoms with Crippen LogP contribution in [0.3, 0.4) is 0 Å². The maximum absolute atomic E-state index is 12.1. The van der Waals surface area contributed by atoms with Crippen LogP contribution in [0, 0.1) is 6.92 Å². The number of hydrogen-bond donors (Lipinski definition) is 2. The van der Waals surface area contributed by atoms with Crippen molar-refractivity contribution < 1.29 is 16.8 Å². The Morgan fingerprint density at radius 3 is 2.40 bits per heavy atom. The molecule has 0 radical (unpaired) electrons. The third kappa shape index (κ3) is 6.91. The predicted octanol–water partition coefficient (Wildman–Crippen LogP) is 0.929. The van der Waals surface area contributed by atoms with Gasteiger partial charge >= 0.3 is 0 Å². The molecule has 1 heterocycles. The van der Waals surface area contributed by atoms with Gasteiger partial charge in [0, 0.05) is 25.5 Å². The second-order valence-electron chi connectivity index (χ2n) is 5.58. The molecule has 7 nitrogen and oxygen atoms in total. The normalized spacial score (nSPS) is 12.2. The molecule has 0 bridgehead atoms. The summed E-state index contributed by atoms with van der Waals surface area (Å²) in [5.74, 6) is -0.511. The van der Waals surface area contributed by atoms with Crippen LogP contribution in [0.4, 0.5) is 0 Å². The SMILES string of the molecule is Cc1ccccc1CS(=O)(=O)NCCS(=O)(=O)NCc1cccnc1. The van der Waals surface area contributed by atoms with Crippen LogP contribution in [0.15, 0.2) is 48.8 Å². The van der Waals surface area contributed by atoms with Gasteiger partial charge in [0.25, 0.3) is 0 Å². The van der Waals surface area contributed by atoms with Crippen molar-refractivity contribution in [1.82, 2.24) is 14.4 Å². The molecule has 0 amide bonds. The first-order valence-electron chi connectivity index (χ1n) is 7.65. The van der Waals surface area contributed by atoms with Gasteiger partial charge in [0.05, 0.1) is 11.5 Å². The molecule has 2 rings (SSSR count). The van der Waals surface area contributed by atoms with Gasteiger partial charge in [-0.15, -0.1) is 0 Å². The third-order valence-corrected chi connectivity index (χ3v) is 6.18. The van der Waals surface area contributed by atoms with E-state index in [0.717, 1.165) is 11.1 Å². The zero-order valence-electron chi connectivity index (χ0n) is 13.8. The van der Waals surface area contributed by atoms with Gasteiger partial charge in [-0.25, -0.2) is 26.3 Å². The summed E-state index contributed by atoms with van der Waals surface area (Å²) < 4.78 is 52.8. The van der Waals surface area contributed by atoms with Crippen LogP contribution in [0.5, 0.6) is 0 Å². The second-order valence-corrected chi connectivity index (χ2v) is 9.31. The smallest absolute Gasteiger partial charge is 0.215 e. The fourth-order valence-corrected chi connectivity index (χ4v) is 4.41. The lowest BCUT2D eigenvalue weighted by Gasteiger charge is -2.10. The standard InChI is InChI=1S/C16H21N3O4S2/c1-14-5-2-3-7-16(14)13-25(22,23)18-9-10-24(20,21)19-12-15-6-4-8-17-11-15/h2-8,11,18-19H,9-10,12-13H2,1H3. The lowest BCUT2D eigenvalue weighted by Crippen LogP contribution is -2.34. The number of sulfonamides is 2. The molecule has 1 aromatic heterocycles. The zero-order valence-corrected chi connectivity index (χ0v) is 15.5. The quantitative estimate of drug-likeness (QED) is 0.670. The molecule has 0 aliphatic heterocycles. The number of pyridine rings is 1. The average Bonchev–Trinajstić information content (AvgIpc) is 2.56. The summed E-state index contributed by atoms with van der Waals surface area (Å²) >= 11 is 0. The number of hydrogen-bond acceptors (Lipinski definition) is 5. The molecule has 25 heavy (non-hydrogen) atoms.